The predicted molar refractivity (Wildman–Crippen MR) is 135 cm³/mol. The van der Waals surface area contributed by atoms with Crippen molar-refractivity contribution in [3.05, 3.63) is 79.9 Å². The summed E-state index contributed by atoms with van der Waals surface area (Å²) in [5.74, 6) is -0.335. The number of aromatic nitrogens is 4. The Morgan fingerprint density at radius 3 is 2.56 bits per heavy atom. The van der Waals surface area contributed by atoms with E-state index in [0.717, 1.165) is 22.1 Å². The number of ether oxygens (including phenoxy) is 1. The van der Waals surface area contributed by atoms with Crippen molar-refractivity contribution in [1.82, 2.24) is 19.7 Å². The zero-order valence-electron chi connectivity index (χ0n) is 19.0. The van der Waals surface area contributed by atoms with Gasteiger partial charge >= 0.3 is 5.69 Å². The highest BCUT2D eigenvalue weighted by Crippen LogP contribution is 2.25. The number of hydrogen-bond donors (Lipinski definition) is 3. The number of aliphatic imine (C=N–C) groups is 1. The second-order valence-corrected chi connectivity index (χ2v) is 9.96. The Hall–Kier alpha value is -4.30. The minimum atomic E-state index is -3.89. The summed E-state index contributed by atoms with van der Waals surface area (Å²) in [6.45, 7) is 1.89. The number of aromatic amines is 1. The summed E-state index contributed by atoms with van der Waals surface area (Å²) in [7, 11) is -2.48. The molecule has 2 heterocycles. The monoisotopic (exact) mass is 528 g/mol. The fourth-order valence-electron chi connectivity index (χ4n) is 3.15. The van der Waals surface area contributed by atoms with Crippen molar-refractivity contribution in [2.75, 3.05) is 11.8 Å². The molecular formula is C22H20N6O6S2. The van der Waals surface area contributed by atoms with E-state index < -0.39 is 27.2 Å². The summed E-state index contributed by atoms with van der Waals surface area (Å²) in [6, 6.07) is 12.0. The molecule has 0 aliphatic carbocycles. The molecule has 4 rings (SSSR count). The van der Waals surface area contributed by atoms with E-state index in [2.05, 4.69) is 24.9 Å². The molecule has 2 aromatic heterocycles. The van der Waals surface area contributed by atoms with Gasteiger partial charge in [-0.05, 0) is 42.8 Å². The Labute approximate surface area is 208 Å². The number of rotatable bonds is 8. The van der Waals surface area contributed by atoms with Crippen molar-refractivity contribution < 1.29 is 18.3 Å². The molecule has 4 aromatic rings. The van der Waals surface area contributed by atoms with Crippen LogP contribution < -0.4 is 20.7 Å². The highest BCUT2D eigenvalue weighted by molar-refractivity contribution is 7.93. The molecule has 186 valence electrons. The Morgan fingerprint density at radius 1 is 1.17 bits per heavy atom. The Kier molecular flexibility index (Phi) is 6.98. The zero-order chi connectivity index (χ0) is 25.9. The van der Waals surface area contributed by atoms with Crippen LogP contribution >= 0.6 is 11.3 Å². The van der Waals surface area contributed by atoms with Crippen molar-refractivity contribution in [2.45, 2.75) is 18.2 Å². The van der Waals surface area contributed by atoms with Crippen molar-refractivity contribution in [3.63, 3.8) is 0 Å². The van der Waals surface area contributed by atoms with Crippen molar-refractivity contribution in [1.29, 1.82) is 0 Å². The van der Waals surface area contributed by atoms with Crippen LogP contribution in [0.25, 0.3) is 5.69 Å². The SMILES string of the molecule is CCc1nnc(NS(=O)(=O)c2ccc(N=Cc3c(O)n(-c4ccccc4OC)c(=O)[nH]c3=O)cc2)s1. The van der Waals surface area contributed by atoms with E-state index in [1.165, 1.54) is 37.4 Å². The fraction of sp³-hybridized carbons (Fsp3) is 0.136. The number of nitrogens with zero attached hydrogens (tertiary/aromatic N) is 4. The van der Waals surface area contributed by atoms with E-state index in [1.54, 1.807) is 18.2 Å². The Balaban J connectivity index is 1.62. The van der Waals surface area contributed by atoms with Gasteiger partial charge in [0.15, 0.2) is 0 Å². The summed E-state index contributed by atoms with van der Waals surface area (Å²) in [5, 5.41) is 19.3. The average molecular weight is 529 g/mol. The molecule has 0 aliphatic heterocycles. The summed E-state index contributed by atoms with van der Waals surface area (Å²) >= 11 is 1.14. The largest absolute Gasteiger partial charge is 0.495 e. The summed E-state index contributed by atoms with van der Waals surface area (Å²) in [5.41, 5.74) is -1.47. The zero-order valence-corrected chi connectivity index (χ0v) is 20.6. The van der Waals surface area contributed by atoms with Crippen LogP contribution in [0.4, 0.5) is 10.8 Å². The van der Waals surface area contributed by atoms with Crippen LogP contribution in [0.1, 0.15) is 17.5 Å². The maximum Gasteiger partial charge on any atom is 0.335 e. The fourth-order valence-corrected chi connectivity index (χ4v) is 5.06. The van der Waals surface area contributed by atoms with Gasteiger partial charge in [0, 0.05) is 6.21 Å². The molecule has 2 aromatic carbocycles. The van der Waals surface area contributed by atoms with Crippen LogP contribution in [-0.4, -0.2) is 46.6 Å². The van der Waals surface area contributed by atoms with Gasteiger partial charge in [-0.15, -0.1) is 10.2 Å². The number of aromatic hydroxyl groups is 1. The molecule has 3 N–H and O–H groups in total. The molecular weight excluding hydrogens is 508 g/mol. The van der Waals surface area contributed by atoms with Gasteiger partial charge in [-0.25, -0.2) is 17.8 Å². The smallest absolute Gasteiger partial charge is 0.335 e. The molecule has 0 radical (unpaired) electrons. The first-order valence-electron chi connectivity index (χ1n) is 10.4. The minimum Gasteiger partial charge on any atom is -0.495 e. The van der Waals surface area contributed by atoms with Crippen molar-refractivity contribution >= 4 is 38.4 Å². The first kappa shape index (κ1) is 24.8. The molecule has 12 nitrogen and oxygen atoms in total. The van der Waals surface area contributed by atoms with E-state index in [1.807, 2.05) is 6.92 Å². The van der Waals surface area contributed by atoms with E-state index in [4.69, 9.17) is 4.74 Å². The highest BCUT2D eigenvalue weighted by Gasteiger charge is 2.18. The van der Waals surface area contributed by atoms with Crippen molar-refractivity contribution in [3.8, 4) is 17.3 Å². The number of para-hydroxylation sites is 2. The third kappa shape index (κ3) is 5.04. The van der Waals surface area contributed by atoms with Gasteiger partial charge in [-0.1, -0.05) is 30.4 Å². The first-order chi connectivity index (χ1) is 17.2. The molecule has 14 heteroatoms. The van der Waals surface area contributed by atoms with Crippen LogP contribution in [-0.2, 0) is 16.4 Å². The number of hydrogen-bond acceptors (Lipinski definition) is 10. The number of aryl methyl sites for hydroxylation is 1. The first-order valence-corrected chi connectivity index (χ1v) is 12.7. The molecule has 0 saturated heterocycles. The molecule has 0 fully saturated rings. The second-order valence-electron chi connectivity index (χ2n) is 7.22. The lowest BCUT2D eigenvalue weighted by Gasteiger charge is -2.12. The third-order valence-corrected chi connectivity index (χ3v) is 7.39. The van der Waals surface area contributed by atoms with Gasteiger partial charge in [0.05, 0.1) is 23.4 Å². The lowest BCUT2D eigenvalue weighted by atomic mass is 10.2. The molecule has 0 spiro atoms. The number of methoxy groups -OCH3 is 1. The molecule has 0 bridgehead atoms. The van der Waals surface area contributed by atoms with Gasteiger partial charge in [0.2, 0.25) is 11.0 Å². The van der Waals surface area contributed by atoms with E-state index in [0.29, 0.717) is 22.9 Å². The average Bonchev–Trinajstić information content (AvgIpc) is 3.31. The summed E-state index contributed by atoms with van der Waals surface area (Å²) in [6.07, 6.45) is 1.72. The van der Waals surface area contributed by atoms with Gasteiger partial charge in [-0.2, -0.15) is 0 Å². The Bertz CT molecular complexity index is 1660. The van der Waals surface area contributed by atoms with Gasteiger partial charge < -0.3 is 9.84 Å². The lowest BCUT2D eigenvalue weighted by molar-refractivity contribution is 0.401. The highest BCUT2D eigenvalue weighted by atomic mass is 32.2. The van der Waals surface area contributed by atoms with Crippen LogP contribution in [0, 0.1) is 0 Å². The quantitative estimate of drug-likeness (QED) is 0.292. The van der Waals surface area contributed by atoms with Crippen LogP contribution in [0.2, 0.25) is 0 Å². The second kappa shape index (κ2) is 10.1. The standard InChI is InChI=1S/C22H20N6O6S2/c1-3-18-25-26-21(35-18)27-36(32,33)14-10-8-13(9-11-14)23-12-15-19(29)24-22(31)28(20(15)30)16-6-4-5-7-17(16)34-2/h4-12,30H,3H2,1-2H3,(H,26,27)(H,24,29,31). The maximum atomic E-state index is 12.6. The molecule has 0 aliphatic rings. The number of H-pyrrole nitrogens is 1. The van der Waals surface area contributed by atoms with Gasteiger partial charge in [0.1, 0.15) is 16.3 Å². The number of sulfonamides is 1. The van der Waals surface area contributed by atoms with E-state index in [-0.39, 0.29) is 21.3 Å². The van der Waals surface area contributed by atoms with Crippen LogP contribution in [0.15, 0.2) is 68.0 Å². The van der Waals surface area contributed by atoms with Crippen molar-refractivity contribution in [2.24, 2.45) is 4.99 Å². The predicted octanol–water partition coefficient (Wildman–Crippen LogP) is 2.21. The molecule has 0 atom stereocenters. The number of nitrogens with one attached hydrogen (secondary N) is 2. The van der Waals surface area contributed by atoms with Gasteiger partial charge in [0.25, 0.3) is 15.6 Å². The van der Waals surface area contributed by atoms with Gasteiger partial charge in [-0.3, -0.25) is 19.5 Å². The van der Waals surface area contributed by atoms with E-state index in [9.17, 15) is 23.1 Å². The molecule has 0 amide bonds. The summed E-state index contributed by atoms with van der Waals surface area (Å²) in [4.78, 5) is 31.0. The third-order valence-electron chi connectivity index (χ3n) is 4.93. The minimum absolute atomic E-state index is 0.0277. The summed E-state index contributed by atoms with van der Waals surface area (Å²) < 4.78 is 33.7. The van der Waals surface area contributed by atoms with E-state index >= 15 is 0 Å². The molecule has 0 unspecified atom stereocenters. The topological polar surface area (TPSA) is 169 Å². The van der Waals surface area contributed by atoms with Crippen LogP contribution in [0.3, 0.4) is 0 Å². The Morgan fingerprint density at radius 2 is 1.89 bits per heavy atom. The number of benzene rings is 2. The molecule has 0 saturated carbocycles. The normalized spacial score (nSPS) is 11.6. The lowest BCUT2D eigenvalue weighted by Crippen LogP contribution is -2.31. The maximum absolute atomic E-state index is 12.6. The number of anilines is 1. The molecule has 36 heavy (non-hydrogen) atoms. The van der Waals surface area contributed by atoms with Crippen LogP contribution in [0.5, 0.6) is 11.6 Å².